The molecule has 19 heavy (non-hydrogen) atoms. The van der Waals surface area contributed by atoms with Crippen LogP contribution < -0.4 is 5.32 Å². The summed E-state index contributed by atoms with van der Waals surface area (Å²) in [6.45, 7) is 2.74. The van der Waals surface area contributed by atoms with E-state index >= 15 is 0 Å². The third kappa shape index (κ3) is 2.69. The van der Waals surface area contributed by atoms with Crippen LogP contribution in [0.2, 0.25) is 0 Å². The zero-order valence-corrected chi connectivity index (χ0v) is 12.2. The molecule has 1 heterocycles. The highest BCUT2D eigenvalue weighted by Crippen LogP contribution is 2.31. The van der Waals surface area contributed by atoms with Crippen molar-refractivity contribution in [2.75, 3.05) is 7.05 Å². The van der Waals surface area contributed by atoms with Gasteiger partial charge in [0.25, 0.3) is 0 Å². The summed E-state index contributed by atoms with van der Waals surface area (Å²) >= 11 is 3.11. The van der Waals surface area contributed by atoms with Crippen LogP contribution in [-0.4, -0.2) is 16.8 Å². The van der Waals surface area contributed by atoms with Gasteiger partial charge in [-0.2, -0.15) is 5.10 Å². The molecule has 0 radical (unpaired) electrons. The van der Waals surface area contributed by atoms with E-state index in [-0.39, 0.29) is 10.5 Å². The molecule has 0 amide bonds. The molecule has 0 spiro atoms. The van der Waals surface area contributed by atoms with E-state index in [2.05, 4.69) is 26.3 Å². The minimum Gasteiger partial charge on any atom is -0.309 e. The summed E-state index contributed by atoms with van der Waals surface area (Å²) in [6, 6.07) is 2.45. The van der Waals surface area contributed by atoms with E-state index < -0.39 is 11.6 Å². The molecule has 0 aliphatic rings. The van der Waals surface area contributed by atoms with Crippen LogP contribution in [0.4, 0.5) is 8.78 Å². The van der Waals surface area contributed by atoms with Gasteiger partial charge in [-0.1, -0.05) is 6.07 Å². The maximum absolute atomic E-state index is 13.6. The molecule has 1 aromatic heterocycles. The number of benzene rings is 1. The molecule has 102 valence electrons. The van der Waals surface area contributed by atoms with Gasteiger partial charge in [0.1, 0.15) is 0 Å². The van der Waals surface area contributed by atoms with Gasteiger partial charge < -0.3 is 5.32 Å². The van der Waals surface area contributed by atoms with E-state index in [9.17, 15) is 8.78 Å². The summed E-state index contributed by atoms with van der Waals surface area (Å²) in [5.41, 5.74) is 1.54. The lowest BCUT2D eigenvalue weighted by Crippen LogP contribution is -2.18. The van der Waals surface area contributed by atoms with Crippen molar-refractivity contribution in [3.05, 3.63) is 51.8 Å². The Bertz CT molecular complexity index is 583. The first-order chi connectivity index (χ1) is 9.08. The molecular weight excluding hydrogens is 316 g/mol. The largest absolute Gasteiger partial charge is 0.309 e. The van der Waals surface area contributed by atoms with Gasteiger partial charge in [-0.25, -0.2) is 8.78 Å². The van der Waals surface area contributed by atoms with Crippen molar-refractivity contribution in [1.82, 2.24) is 15.1 Å². The second kappa shape index (κ2) is 5.79. The Morgan fingerprint density at radius 2 is 2.16 bits per heavy atom. The molecule has 0 bridgehead atoms. The zero-order valence-electron chi connectivity index (χ0n) is 10.6. The molecule has 1 N–H and O–H groups in total. The molecule has 1 atom stereocenters. The lowest BCUT2D eigenvalue weighted by Gasteiger charge is -2.17. The third-order valence-electron chi connectivity index (χ3n) is 2.98. The summed E-state index contributed by atoms with van der Waals surface area (Å²) in [6.07, 6.45) is 3.60. The van der Waals surface area contributed by atoms with Crippen LogP contribution in [0.3, 0.4) is 0 Å². The number of aromatic nitrogens is 2. The first-order valence-corrected chi connectivity index (χ1v) is 6.70. The van der Waals surface area contributed by atoms with E-state index in [0.29, 0.717) is 5.56 Å². The van der Waals surface area contributed by atoms with Crippen LogP contribution in [0.5, 0.6) is 0 Å². The first kappa shape index (κ1) is 14.1. The molecule has 1 unspecified atom stereocenters. The Hall–Kier alpha value is -1.27. The van der Waals surface area contributed by atoms with Gasteiger partial charge in [-0.05, 0) is 41.5 Å². The average molecular weight is 330 g/mol. The molecule has 2 aromatic rings. The molecule has 0 fully saturated rings. The minimum atomic E-state index is -0.874. The number of nitrogens with zero attached hydrogens (tertiary/aromatic N) is 2. The molecule has 6 heteroatoms. The number of hydrogen-bond acceptors (Lipinski definition) is 2. The Kier molecular flexibility index (Phi) is 4.31. The zero-order chi connectivity index (χ0) is 14.0. The normalized spacial score (nSPS) is 12.7. The molecule has 0 saturated carbocycles. The molecule has 1 aromatic carbocycles. The number of hydrogen-bond donors (Lipinski definition) is 1. The summed E-state index contributed by atoms with van der Waals surface area (Å²) in [5, 5.41) is 7.28. The highest BCUT2D eigenvalue weighted by molar-refractivity contribution is 9.10. The number of halogens is 3. The van der Waals surface area contributed by atoms with Gasteiger partial charge in [0, 0.05) is 18.3 Å². The van der Waals surface area contributed by atoms with Crippen LogP contribution in [0, 0.1) is 11.6 Å². The van der Waals surface area contributed by atoms with Gasteiger partial charge >= 0.3 is 0 Å². The Morgan fingerprint density at radius 1 is 1.42 bits per heavy atom. The van der Waals surface area contributed by atoms with Crippen LogP contribution >= 0.6 is 15.9 Å². The fourth-order valence-electron chi connectivity index (χ4n) is 1.97. The Morgan fingerprint density at radius 3 is 2.74 bits per heavy atom. The van der Waals surface area contributed by atoms with Gasteiger partial charge in [0.15, 0.2) is 11.6 Å². The van der Waals surface area contributed by atoms with Crippen molar-refractivity contribution in [3.8, 4) is 0 Å². The van der Waals surface area contributed by atoms with E-state index in [0.717, 1.165) is 18.2 Å². The quantitative estimate of drug-likeness (QED) is 0.872. The van der Waals surface area contributed by atoms with Crippen molar-refractivity contribution in [2.45, 2.75) is 19.5 Å². The highest BCUT2D eigenvalue weighted by atomic mass is 79.9. The molecular formula is C13H14BrF2N3. The van der Waals surface area contributed by atoms with Gasteiger partial charge in [-0.15, -0.1) is 0 Å². The lowest BCUT2D eigenvalue weighted by atomic mass is 10.0. The van der Waals surface area contributed by atoms with E-state index in [1.165, 1.54) is 0 Å². The highest BCUT2D eigenvalue weighted by Gasteiger charge is 2.20. The van der Waals surface area contributed by atoms with Gasteiger partial charge in [-0.3, -0.25) is 4.68 Å². The van der Waals surface area contributed by atoms with Crippen LogP contribution in [0.15, 0.2) is 29.0 Å². The predicted octanol–water partition coefficient (Wildman–Crippen LogP) is 3.25. The fraction of sp³-hybridized carbons (Fsp3) is 0.308. The first-order valence-electron chi connectivity index (χ1n) is 5.91. The minimum absolute atomic E-state index is 0.135. The summed E-state index contributed by atoms with van der Waals surface area (Å²) in [4.78, 5) is 0. The standard InChI is InChI=1S/C13H14BrF2N3/c1-3-19-7-8(6-18-19)13(17-2)9-4-5-10(15)12(16)11(9)14/h4-7,13,17H,3H2,1-2H3. The van der Waals surface area contributed by atoms with Crippen molar-refractivity contribution in [2.24, 2.45) is 0 Å². The van der Waals surface area contributed by atoms with E-state index in [1.54, 1.807) is 24.0 Å². The van der Waals surface area contributed by atoms with Crippen LogP contribution in [-0.2, 0) is 6.54 Å². The maximum atomic E-state index is 13.6. The van der Waals surface area contributed by atoms with Crippen molar-refractivity contribution in [1.29, 1.82) is 0 Å². The predicted molar refractivity (Wildman–Crippen MR) is 72.9 cm³/mol. The third-order valence-corrected chi connectivity index (χ3v) is 3.78. The topological polar surface area (TPSA) is 29.9 Å². The van der Waals surface area contributed by atoms with E-state index in [1.807, 2.05) is 13.1 Å². The fourth-order valence-corrected chi connectivity index (χ4v) is 2.52. The average Bonchev–Trinajstić information content (AvgIpc) is 2.88. The number of aryl methyl sites for hydroxylation is 1. The number of rotatable bonds is 4. The monoisotopic (exact) mass is 329 g/mol. The molecule has 0 aliphatic carbocycles. The second-order valence-corrected chi connectivity index (χ2v) is 4.91. The van der Waals surface area contributed by atoms with Crippen molar-refractivity contribution in [3.63, 3.8) is 0 Å². The lowest BCUT2D eigenvalue weighted by molar-refractivity contribution is 0.499. The Labute approximate surface area is 118 Å². The summed E-state index contributed by atoms with van der Waals surface area (Å²) < 4.78 is 28.7. The van der Waals surface area contributed by atoms with Crippen LogP contribution in [0.1, 0.15) is 24.1 Å². The number of nitrogens with one attached hydrogen (secondary N) is 1. The molecule has 3 nitrogen and oxygen atoms in total. The summed E-state index contributed by atoms with van der Waals surface area (Å²) in [5.74, 6) is -1.74. The van der Waals surface area contributed by atoms with E-state index in [4.69, 9.17) is 0 Å². The summed E-state index contributed by atoms with van der Waals surface area (Å²) in [7, 11) is 1.77. The molecule has 0 aliphatic heterocycles. The maximum Gasteiger partial charge on any atom is 0.173 e. The molecule has 2 rings (SSSR count). The van der Waals surface area contributed by atoms with Crippen LogP contribution in [0.25, 0.3) is 0 Å². The Balaban J connectivity index is 2.45. The molecule has 0 saturated heterocycles. The van der Waals surface area contributed by atoms with Gasteiger partial charge in [0.05, 0.1) is 16.7 Å². The second-order valence-electron chi connectivity index (χ2n) is 4.12. The SMILES string of the molecule is CCn1cc(C(NC)c2ccc(F)c(F)c2Br)cn1. The van der Waals surface area contributed by atoms with Gasteiger partial charge in [0.2, 0.25) is 0 Å². The van der Waals surface area contributed by atoms with Crippen molar-refractivity contribution < 1.29 is 8.78 Å². The smallest absolute Gasteiger partial charge is 0.173 e. The van der Waals surface area contributed by atoms with Crippen molar-refractivity contribution >= 4 is 15.9 Å².